The van der Waals surface area contributed by atoms with Gasteiger partial charge in [0.1, 0.15) is 5.01 Å². The molecule has 1 aromatic heterocycles. The molecule has 1 saturated heterocycles. The van der Waals surface area contributed by atoms with E-state index in [-0.39, 0.29) is 0 Å². The molecule has 1 N–H and O–H groups in total. The van der Waals surface area contributed by atoms with Crippen LogP contribution in [0, 0.1) is 6.92 Å². The minimum Gasteiger partial charge on any atom is -0.304 e. The molecule has 17 heavy (non-hydrogen) atoms. The number of hydrogen-bond donors (Lipinski definition) is 1. The topological polar surface area (TPSA) is 28.2 Å². The number of nitrogens with one attached hydrogen (secondary N) is 1. The summed E-state index contributed by atoms with van der Waals surface area (Å²) in [6.07, 6.45) is 1.26. The molecule has 1 aromatic rings. The lowest BCUT2D eigenvalue weighted by molar-refractivity contribution is 0.266. The van der Waals surface area contributed by atoms with Crippen molar-refractivity contribution in [2.75, 3.05) is 13.1 Å². The number of nitrogens with zero attached hydrogens (tertiary/aromatic N) is 2. The Hall–Kier alpha value is -0.450. The Morgan fingerprint density at radius 2 is 2.24 bits per heavy atom. The lowest BCUT2D eigenvalue weighted by Crippen LogP contribution is -2.36. The van der Waals surface area contributed by atoms with Crippen LogP contribution in [0.4, 0.5) is 0 Å². The summed E-state index contributed by atoms with van der Waals surface area (Å²) < 4.78 is 0. The van der Waals surface area contributed by atoms with Gasteiger partial charge in [-0.05, 0) is 40.7 Å². The molecule has 0 aromatic carbocycles. The predicted octanol–water partition coefficient (Wildman–Crippen LogP) is 2.58. The van der Waals surface area contributed by atoms with E-state index in [9.17, 15) is 0 Å². The summed E-state index contributed by atoms with van der Waals surface area (Å²) in [5, 5.41) is 7.04. The van der Waals surface area contributed by atoms with Crippen molar-refractivity contribution in [3.05, 3.63) is 16.1 Å². The predicted molar refractivity (Wildman–Crippen MR) is 73.5 cm³/mol. The SMILES string of the molecule is Cc1csc(C(C)NC2CCN(C(C)C)C2)n1. The minimum atomic E-state index is 0.380. The molecule has 0 bridgehead atoms. The summed E-state index contributed by atoms with van der Waals surface area (Å²) >= 11 is 1.76. The summed E-state index contributed by atoms with van der Waals surface area (Å²) in [6, 6.07) is 1.67. The summed E-state index contributed by atoms with van der Waals surface area (Å²) in [6.45, 7) is 11.2. The zero-order valence-corrected chi connectivity index (χ0v) is 12.0. The zero-order chi connectivity index (χ0) is 12.4. The van der Waals surface area contributed by atoms with Gasteiger partial charge in [-0.3, -0.25) is 4.90 Å². The summed E-state index contributed by atoms with van der Waals surface area (Å²) in [5.74, 6) is 0. The van der Waals surface area contributed by atoms with Crippen molar-refractivity contribution in [2.24, 2.45) is 0 Å². The first-order valence-corrected chi connectivity index (χ1v) is 7.36. The lowest BCUT2D eigenvalue weighted by atomic mass is 10.2. The highest BCUT2D eigenvalue weighted by Gasteiger charge is 2.25. The van der Waals surface area contributed by atoms with Crippen molar-refractivity contribution in [3.63, 3.8) is 0 Å². The van der Waals surface area contributed by atoms with Gasteiger partial charge >= 0.3 is 0 Å². The van der Waals surface area contributed by atoms with Gasteiger partial charge in [-0.2, -0.15) is 0 Å². The Morgan fingerprint density at radius 1 is 1.47 bits per heavy atom. The van der Waals surface area contributed by atoms with Crippen LogP contribution >= 0.6 is 11.3 Å². The maximum Gasteiger partial charge on any atom is 0.110 e. The maximum atomic E-state index is 4.55. The van der Waals surface area contributed by atoms with Crippen molar-refractivity contribution in [2.45, 2.75) is 52.2 Å². The van der Waals surface area contributed by atoms with E-state index in [1.54, 1.807) is 11.3 Å². The van der Waals surface area contributed by atoms with Crippen molar-refractivity contribution in [1.29, 1.82) is 0 Å². The zero-order valence-electron chi connectivity index (χ0n) is 11.2. The van der Waals surface area contributed by atoms with Gasteiger partial charge in [-0.15, -0.1) is 11.3 Å². The summed E-state index contributed by atoms with van der Waals surface area (Å²) in [5.41, 5.74) is 1.13. The number of hydrogen-bond acceptors (Lipinski definition) is 4. The first-order chi connectivity index (χ1) is 8.06. The Balaban J connectivity index is 1.86. The van der Waals surface area contributed by atoms with Crippen LogP contribution in [-0.2, 0) is 0 Å². The molecule has 0 aliphatic carbocycles. The number of thiazole rings is 1. The van der Waals surface area contributed by atoms with E-state index < -0.39 is 0 Å². The van der Waals surface area contributed by atoms with E-state index in [1.165, 1.54) is 24.5 Å². The van der Waals surface area contributed by atoms with Crippen LogP contribution in [0.3, 0.4) is 0 Å². The van der Waals surface area contributed by atoms with Crippen molar-refractivity contribution >= 4 is 11.3 Å². The van der Waals surface area contributed by atoms with Crippen LogP contribution in [0.5, 0.6) is 0 Å². The fourth-order valence-corrected chi connectivity index (χ4v) is 3.20. The molecule has 2 atom stereocenters. The number of aryl methyl sites for hydroxylation is 1. The van der Waals surface area contributed by atoms with E-state index in [1.807, 2.05) is 0 Å². The number of aromatic nitrogens is 1. The minimum absolute atomic E-state index is 0.380. The molecule has 4 heteroatoms. The van der Waals surface area contributed by atoms with E-state index in [0.717, 1.165) is 5.69 Å². The third-order valence-electron chi connectivity index (χ3n) is 3.44. The molecular formula is C13H23N3S. The van der Waals surface area contributed by atoms with Crippen molar-refractivity contribution < 1.29 is 0 Å². The first kappa shape index (κ1) is 13.0. The molecule has 1 aliphatic rings. The van der Waals surface area contributed by atoms with Gasteiger partial charge in [0, 0.05) is 29.7 Å². The third-order valence-corrected chi connectivity index (χ3v) is 4.59. The van der Waals surface area contributed by atoms with Gasteiger partial charge in [0.05, 0.1) is 6.04 Å². The van der Waals surface area contributed by atoms with Gasteiger partial charge in [0.2, 0.25) is 0 Å². The highest BCUT2D eigenvalue weighted by molar-refractivity contribution is 7.09. The summed E-state index contributed by atoms with van der Waals surface area (Å²) in [4.78, 5) is 7.09. The molecule has 0 saturated carbocycles. The normalized spacial score (nSPS) is 23.5. The van der Waals surface area contributed by atoms with Crippen LogP contribution in [-0.4, -0.2) is 35.1 Å². The molecule has 0 amide bonds. The fraction of sp³-hybridized carbons (Fsp3) is 0.769. The quantitative estimate of drug-likeness (QED) is 0.894. The summed E-state index contributed by atoms with van der Waals surface area (Å²) in [7, 11) is 0. The second kappa shape index (κ2) is 5.46. The Kier molecular flexibility index (Phi) is 4.17. The standard InChI is InChI=1S/C13H23N3S/c1-9(2)16-6-5-12(7-16)15-11(4)13-14-10(3)8-17-13/h8-9,11-12,15H,5-7H2,1-4H3. The average Bonchev–Trinajstić information content (AvgIpc) is 2.86. The van der Waals surface area contributed by atoms with Crippen LogP contribution in [0.1, 0.15) is 43.9 Å². The monoisotopic (exact) mass is 253 g/mol. The highest BCUT2D eigenvalue weighted by atomic mass is 32.1. The van der Waals surface area contributed by atoms with Gasteiger partial charge in [0.25, 0.3) is 0 Å². The second-order valence-electron chi connectivity index (χ2n) is 5.29. The molecule has 96 valence electrons. The smallest absolute Gasteiger partial charge is 0.110 e. The molecule has 3 nitrogen and oxygen atoms in total. The molecular weight excluding hydrogens is 230 g/mol. The van der Waals surface area contributed by atoms with Crippen LogP contribution in [0.2, 0.25) is 0 Å². The lowest BCUT2D eigenvalue weighted by Gasteiger charge is -2.22. The molecule has 0 radical (unpaired) electrons. The number of rotatable bonds is 4. The fourth-order valence-electron chi connectivity index (χ4n) is 2.39. The van der Waals surface area contributed by atoms with Crippen LogP contribution < -0.4 is 5.32 Å². The molecule has 2 unspecified atom stereocenters. The van der Waals surface area contributed by atoms with Crippen LogP contribution in [0.25, 0.3) is 0 Å². The second-order valence-corrected chi connectivity index (χ2v) is 6.18. The average molecular weight is 253 g/mol. The van der Waals surface area contributed by atoms with Gasteiger partial charge in [-0.1, -0.05) is 0 Å². The first-order valence-electron chi connectivity index (χ1n) is 6.48. The van der Waals surface area contributed by atoms with Gasteiger partial charge in [-0.25, -0.2) is 4.98 Å². The molecule has 1 fully saturated rings. The molecule has 0 spiro atoms. The Labute approximate surface area is 108 Å². The van der Waals surface area contributed by atoms with E-state index in [0.29, 0.717) is 18.1 Å². The Morgan fingerprint density at radius 3 is 2.76 bits per heavy atom. The molecule has 2 rings (SSSR count). The largest absolute Gasteiger partial charge is 0.304 e. The van der Waals surface area contributed by atoms with Gasteiger partial charge < -0.3 is 5.32 Å². The van der Waals surface area contributed by atoms with E-state index in [4.69, 9.17) is 0 Å². The van der Waals surface area contributed by atoms with E-state index in [2.05, 4.69) is 48.3 Å². The molecule has 1 aliphatic heterocycles. The van der Waals surface area contributed by atoms with Crippen molar-refractivity contribution in [3.8, 4) is 0 Å². The maximum absolute atomic E-state index is 4.55. The van der Waals surface area contributed by atoms with Crippen molar-refractivity contribution in [1.82, 2.24) is 15.2 Å². The molecule has 2 heterocycles. The van der Waals surface area contributed by atoms with E-state index >= 15 is 0 Å². The van der Waals surface area contributed by atoms with Gasteiger partial charge in [0.15, 0.2) is 0 Å². The third kappa shape index (κ3) is 3.27. The van der Waals surface area contributed by atoms with Crippen LogP contribution in [0.15, 0.2) is 5.38 Å². The highest BCUT2D eigenvalue weighted by Crippen LogP contribution is 2.20. The number of likely N-dealkylation sites (tertiary alicyclic amines) is 1. The Bertz CT molecular complexity index is 361.